The number of carbonyl (C=O) groups is 2. The van der Waals surface area contributed by atoms with E-state index in [1.807, 2.05) is 41.8 Å². The van der Waals surface area contributed by atoms with Gasteiger partial charge >= 0.3 is 5.97 Å². The lowest BCUT2D eigenvalue weighted by Crippen LogP contribution is -2.13. The van der Waals surface area contributed by atoms with Gasteiger partial charge in [-0.2, -0.15) is 0 Å². The molecule has 0 aliphatic rings. The number of Topliss-reactive ketones (excluding diaryl/α,β-unsaturated/α-hetero) is 1. The van der Waals surface area contributed by atoms with E-state index in [0.29, 0.717) is 34.2 Å². The Hall–Kier alpha value is -2.87. The van der Waals surface area contributed by atoms with Gasteiger partial charge in [0.1, 0.15) is 5.82 Å². The van der Waals surface area contributed by atoms with Gasteiger partial charge in [0.2, 0.25) is 0 Å². The number of aryl methyl sites for hydroxylation is 3. The van der Waals surface area contributed by atoms with Crippen molar-refractivity contribution in [3.63, 3.8) is 0 Å². The summed E-state index contributed by atoms with van der Waals surface area (Å²) < 4.78 is 7.10. The van der Waals surface area contributed by atoms with Gasteiger partial charge in [0, 0.05) is 11.4 Å². The maximum Gasteiger partial charge on any atom is 0.340 e. The highest BCUT2D eigenvalue weighted by Crippen LogP contribution is 2.24. The Kier molecular flexibility index (Phi) is 6.53. The van der Waals surface area contributed by atoms with Crippen LogP contribution in [0.5, 0.6) is 0 Å². The number of nitrogens with one attached hydrogen (secondary N) is 1. The van der Waals surface area contributed by atoms with Crippen LogP contribution in [0, 0.1) is 20.8 Å². The zero-order chi connectivity index (χ0) is 21.0. The molecule has 0 saturated carbocycles. The van der Waals surface area contributed by atoms with Crippen LogP contribution in [-0.4, -0.2) is 43.9 Å². The normalized spacial score (nSPS) is 10.9. The van der Waals surface area contributed by atoms with E-state index < -0.39 is 5.97 Å². The maximum absolute atomic E-state index is 13.0. The van der Waals surface area contributed by atoms with Crippen molar-refractivity contribution in [2.24, 2.45) is 0 Å². The van der Waals surface area contributed by atoms with E-state index in [-0.39, 0.29) is 18.1 Å². The lowest BCUT2D eigenvalue weighted by Gasteiger charge is -2.09. The van der Waals surface area contributed by atoms with Crippen LogP contribution < -0.4 is 0 Å². The number of carbonyl (C=O) groups excluding carboxylic acids is 2. The molecule has 0 aliphatic heterocycles. The van der Waals surface area contributed by atoms with Gasteiger partial charge in [0.15, 0.2) is 10.9 Å². The summed E-state index contributed by atoms with van der Waals surface area (Å²) in [5, 5.41) is 9.04. The molecule has 2 heterocycles. The quantitative estimate of drug-likeness (QED) is 0.344. The summed E-state index contributed by atoms with van der Waals surface area (Å²) in [7, 11) is 0. The highest BCUT2D eigenvalue weighted by atomic mass is 32.2. The van der Waals surface area contributed by atoms with E-state index in [2.05, 4.69) is 15.2 Å². The molecule has 1 aromatic carbocycles. The van der Waals surface area contributed by atoms with E-state index in [1.54, 1.807) is 20.8 Å². The lowest BCUT2D eigenvalue weighted by molar-refractivity contribution is 0.0522. The van der Waals surface area contributed by atoms with Crippen LogP contribution in [0.4, 0.5) is 0 Å². The Balaban J connectivity index is 1.78. The second-order valence-corrected chi connectivity index (χ2v) is 7.60. The minimum absolute atomic E-state index is 0.146. The van der Waals surface area contributed by atoms with E-state index in [1.165, 1.54) is 11.8 Å². The van der Waals surface area contributed by atoms with Gasteiger partial charge in [-0.15, -0.1) is 10.2 Å². The summed E-state index contributed by atoms with van der Waals surface area (Å²) in [6, 6.07) is 10.0. The third-order valence-corrected chi connectivity index (χ3v) is 5.52. The van der Waals surface area contributed by atoms with Gasteiger partial charge < -0.3 is 14.3 Å². The largest absolute Gasteiger partial charge is 0.462 e. The third-order valence-electron chi connectivity index (χ3n) is 4.55. The molecule has 3 rings (SSSR count). The zero-order valence-electron chi connectivity index (χ0n) is 17.0. The number of nitrogens with zero attached hydrogens (tertiary/aromatic N) is 3. The van der Waals surface area contributed by atoms with Gasteiger partial charge in [0.05, 0.1) is 30.0 Å². The molecule has 0 saturated heterocycles. The molecule has 152 valence electrons. The van der Waals surface area contributed by atoms with Gasteiger partial charge in [-0.25, -0.2) is 4.79 Å². The predicted octanol–water partition coefficient (Wildman–Crippen LogP) is 3.73. The topological polar surface area (TPSA) is 89.9 Å². The summed E-state index contributed by atoms with van der Waals surface area (Å²) in [5.74, 6) is 0.305. The number of H-pyrrole nitrogens is 1. The number of hydrogen-bond donors (Lipinski definition) is 1. The SMILES string of the molecule is CCOC(=O)c1c(C)[nH]c(C)c1C(=O)CSc1nnc(C)n1Cc1ccccc1. The minimum atomic E-state index is -0.481. The molecule has 0 atom stereocenters. The Bertz CT molecular complexity index is 1020. The molecule has 2 aromatic heterocycles. The van der Waals surface area contributed by atoms with Crippen molar-refractivity contribution in [1.82, 2.24) is 19.7 Å². The maximum atomic E-state index is 13.0. The number of esters is 1. The summed E-state index contributed by atoms with van der Waals surface area (Å²) in [5.41, 5.74) is 3.14. The first-order valence-corrected chi connectivity index (χ1v) is 10.4. The van der Waals surface area contributed by atoms with Crippen molar-refractivity contribution in [3.05, 3.63) is 64.2 Å². The fourth-order valence-electron chi connectivity index (χ4n) is 3.21. The number of benzene rings is 1. The van der Waals surface area contributed by atoms with Crippen LogP contribution in [0.2, 0.25) is 0 Å². The first kappa shape index (κ1) is 20.9. The molecule has 8 heteroatoms. The number of aromatic amines is 1. The Morgan fingerprint density at radius 3 is 2.45 bits per heavy atom. The molecule has 1 N–H and O–H groups in total. The highest BCUT2D eigenvalue weighted by Gasteiger charge is 2.25. The third kappa shape index (κ3) is 4.59. The Labute approximate surface area is 173 Å². The number of rotatable bonds is 8. The second-order valence-electron chi connectivity index (χ2n) is 6.66. The molecule has 0 bridgehead atoms. The minimum Gasteiger partial charge on any atom is -0.462 e. The molecule has 29 heavy (non-hydrogen) atoms. The average molecular weight is 413 g/mol. The Morgan fingerprint density at radius 2 is 1.76 bits per heavy atom. The first-order valence-electron chi connectivity index (χ1n) is 9.38. The molecule has 0 radical (unpaired) electrons. The van der Waals surface area contributed by atoms with Crippen molar-refractivity contribution >= 4 is 23.5 Å². The molecule has 7 nitrogen and oxygen atoms in total. The number of thioether (sulfide) groups is 1. The molecule has 0 amide bonds. The van der Waals surface area contributed by atoms with Crippen LogP contribution in [0.3, 0.4) is 0 Å². The van der Waals surface area contributed by atoms with Gasteiger partial charge in [-0.1, -0.05) is 42.1 Å². The van der Waals surface area contributed by atoms with Crippen LogP contribution >= 0.6 is 11.8 Å². The van der Waals surface area contributed by atoms with Crippen LogP contribution in [-0.2, 0) is 11.3 Å². The van der Waals surface area contributed by atoms with Crippen molar-refractivity contribution in [1.29, 1.82) is 0 Å². The molecular weight excluding hydrogens is 388 g/mol. The van der Waals surface area contributed by atoms with Crippen molar-refractivity contribution in [2.45, 2.75) is 39.4 Å². The van der Waals surface area contributed by atoms with E-state index in [0.717, 1.165) is 11.4 Å². The fourth-order valence-corrected chi connectivity index (χ4v) is 4.06. The summed E-state index contributed by atoms with van der Waals surface area (Å²) >= 11 is 1.32. The number of hydrogen-bond acceptors (Lipinski definition) is 6. The van der Waals surface area contributed by atoms with Crippen LogP contribution in [0.15, 0.2) is 35.5 Å². The lowest BCUT2D eigenvalue weighted by atomic mass is 10.1. The molecule has 0 spiro atoms. The van der Waals surface area contributed by atoms with Gasteiger partial charge in [0.25, 0.3) is 0 Å². The van der Waals surface area contributed by atoms with Crippen molar-refractivity contribution in [2.75, 3.05) is 12.4 Å². The molecule has 0 unspecified atom stereocenters. The van der Waals surface area contributed by atoms with E-state index >= 15 is 0 Å². The highest BCUT2D eigenvalue weighted by molar-refractivity contribution is 7.99. The van der Waals surface area contributed by atoms with E-state index in [4.69, 9.17) is 4.74 Å². The van der Waals surface area contributed by atoms with Gasteiger partial charge in [-0.05, 0) is 33.3 Å². The van der Waals surface area contributed by atoms with Crippen molar-refractivity contribution in [3.8, 4) is 0 Å². The van der Waals surface area contributed by atoms with Crippen molar-refractivity contribution < 1.29 is 14.3 Å². The predicted molar refractivity (Wildman–Crippen MR) is 112 cm³/mol. The van der Waals surface area contributed by atoms with Gasteiger partial charge in [-0.3, -0.25) is 4.79 Å². The Morgan fingerprint density at radius 1 is 1.07 bits per heavy atom. The first-order chi connectivity index (χ1) is 13.9. The fraction of sp³-hybridized carbons (Fsp3) is 0.333. The second kappa shape index (κ2) is 9.09. The summed E-state index contributed by atoms with van der Waals surface area (Å²) in [4.78, 5) is 28.3. The molecule has 0 aliphatic carbocycles. The zero-order valence-corrected chi connectivity index (χ0v) is 17.8. The average Bonchev–Trinajstić information content (AvgIpc) is 3.19. The van der Waals surface area contributed by atoms with Crippen LogP contribution in [0.1, 0.15) is 50.4 Å². The molecule has 3 aromatic rings. The molecule has 0 fully saturated rings. The number of aromatic nitrogens is 4. The smallest absolute Gasteiger partial charge is 0.340 e. The van der Waals surface area contributed by atoms with E-state index in [9.17, 15) is 9.59 Å². The summed E-state index contributed by atoms with van der Waals surface area (Å²) in [6.07, 6.45) is 0. The van der Waals surface area contributed by atoms with Crippen LogP contribution in [0.25, 0.3) is 0 Å². The monoisotopic (exact) mass is 412 g/mol. The number of ether oxygens (including phenoxy) is 1. The molecular formula is C21H24N4O3S. The summed E-state index contributed by atoms with van der Waals surface area (Å²) in [6.45, 7) is 8.07. The number of ketones is 1. The standard InChI is InChI=1S/C21H24N4O3S/c1-5-28-20(27)19-14(3)22-13(2)18(19)17(26)12-29-21-24-23-15(4)25(21)11-16-9-7-6-8-10-16/h6-10,22H,5,11-12H2,1-4H3.